The third kappa shape index (κ3) is 11.3. The summed E-state index contributed by atoms with van der Waals surface area (Å²) in [4.78, 5) is 11.2. The molecule has 96 valence electrons. The van der Waals surface area contributed by atoms with Crippen molar-refractivity contribution in [1.82, 2.24) is 5.32 Å². The number of nitrogens with two attached hydrogens (primary N) is 1. The zero-order chi connectivity index (χ0) is 12.4. The van der Waals surface area contributed by atoms with Crippen LogP contribution in [0.1, 0.15) is 33.6 Å². The Labute approximate surface area is 97.7 Å². The predicted molar refractivity (Wildman–Crippen MR) is 63.3 cm³/mol. The van der Waals surface area contributed by atoms with Crippen LogP contribution in [0.25, 0.3) is 0 Å². The lowest BCUT2D eigenvalue weighted by Gasteiger charge is -2.19. The lowest BCUT2D eigenvalue weighted by molar-refractivity contribution is 0.0524. The van der Waals surface area contributed by atoms with Crippen molar-refractivity contribution >= 4 is 6.09 Å². The fourth-order valence-electron chi connectivity index (χ4n) is 1.02. The number of unbranched alkanes of at least 4 members (excludes halogenated alkanes) is 1. The number of nitrogens with one attached hydrogen (secondary N) is 1. The van der Waals surface area contributed by atoms with E-state index in [-0.39, 0.29) is 6.09 Å². The summed E-state index contributed by atoms with van der Waals surface area (Å²) in [6, 6.07) is 0. The summed E-state index contributed by atoms with van der Waals surface area (Å²) in [5, 5.41) is 2.69. The highest BCUT2D eigenvalue weighted by Gasteiger charge is 2.15. The molecule has 0 saturated carbocycles. The quantitative estimate of drug-likeness (QED) is 0.648. The minimum atomic E-state index is -0.436. The van der Waals surface area contributed by atoms with E-state index in [1.54, 1.807) is 0 Å². The molecular formula is C11H24N2O3. The number of rotatable bonds is 7. The highest BCUT2D eigenvalue weighted by atomic mass is 16.6. The predicted octanol–water partition coefficient (Wildman–Crippen LogP) is 1.27. The van der Waals surface area contributed by atoms with Gasteiger partial charge in [-0.25, -0.2) is 4.79 Å². The van der Waals surface area contributed by atoms with Gasteiger partial charge in [0.05, 0.1) is 6.61 Å². The Kier molecular flexibility index (Phi) is 7.93. The molecular weight excluding hydrogens is 208 g/mol. The lowest BCUT2D eigenvalue weighted by atomic mass is 10.2. The lowest BCUT2D eigenvalue weighted by Crippen LogP contribution is -2.33. The molecule has 0 aliphatic rings. The first-order chi connectivity index (χ1) is 7.45. The van der Waals surface area contributed by atoms with Gasteiger partial charge in [-0.3, -0.25) is 0 Å². The first kappa shape index (κ1) is 15.2. The highest BCUT2D eigenvalue weighted by Crippen LogP contribution is 2.06. The van der Waals surface area contributed by atoms with Crippen molar-refractivity contribution in [2.75, 3.05) is 26.3 Å². The Morgan fingerprint density at radius 3 is 2.50 bits per heavy atom. The number of alkyl carbamates (subject to hydrolysis) is 1. The summed E-state index contributed by atoms with van der Waals surface area (Å²) >= 11 is 0. The van der Waals surface area contributed by atoms with Gasteiger partial charge in [-0.15, -0.1) is 0 Å². The first-order valence-corrected chi connectivity index (χ1v) is 5.70. The molecule has 0 bridgehead atoms. The summed E-state index contributed by atoms with van der Waals surface area (Å²) < 4.78 is 10.3. The van der Waals surface area contributed by atoms with E-state index in [0.29, 0.717) is 26.3 Å². The average Bonchev–Trinajstić information content (AvgIpc) is 2.13. The van der Waals surface area contributed by atoms with E-state index in [9.17, 15) is 4.79 Å². The Morgan fingerprint density at radius 1 is 1.25 bits per heavy atom. The van der Waals surface area contributed by atoms with E-state index < -0.39 is 5.60 Å². The highest BCUT2D eigenvalue weighted by molar-refractivity contribution is 5.67. The molecule has 16 heavy (non-hydrogen) atoms. The number of ether oxygens (including phenoxy) is 2. The Hall–Kier alpha value is -0.810. The van der Waals surface area contributed by atoms with Gasteiger partial charge >= 0.3 is 6.09 Å². The SMILES string of the molecule is CC(C)(C)OC(=O)NCCCCOCCN. The molecule has 1 amide bonds. The molecule has 5 nitrogen and oxygen atoms in total. The molecule has 5 heteroatoms. The van der Waals surface area contributed by atoms with Crippen LogP contribution in [-0.4, -0.2) is 38.0 Å². The van der Waals surface area contributed by atoms with E-state index in [1.165, 1.54) is 0 Å². The number of carbonyl (C=O) groups is 1. The van der Waals surface area contributed by atoms with Crippen LogP contribution in [0.3, 0.4) is 0 Å². The van der Waals surface area contributed by atoms with Crippen LogP contribution < -0.4 is 11.1 Å². The molecule has 0 heterocycles. The Bertz CT molecular complexity index is 190. The summed E-state index contributed by atoms with van der Waals surface area (Å²) in [5.41, 5.74) is 4.83. The third-order valence-corrected chi connectivity index (χ3v) is 1.65. The second-order valence-corrected chi connectivity index (χ2v) is 4.54. The second kappa shape index (κ2) is 8.35. The zero-order valence-electron chi connectivity index (χ0n) is 10.5. The van der Waals surface area contributed by atoms with Gasteiger partial charge in [0.15, 0.2) is 0 Å². The van der Waals surface area contributed by atoms with E-state index >= 15 is 0 Å². The van der Waals surface area contributed by atoms with Crippen LogP contribution in [0.4, 0.5) is 4.79 Å². The van der Waals surface area contributed by atoms with Crippen molar-refractivity contribution in [3.05, 3.63) is 0 Å². The van der Waals surface area contributed by atoms with E-state index in [1.807, 2.05) is 20.8 Å². The van der Waals surface area contributed by atoms with Crippen LogP contribution in [0.5, 0.6) is 0 Å². The summed E-state index contributed by atoms with van der Waals surface area (Å²) in [5.74, 6) is 0. The van der Waals surface area contributed by atoms with E-state index in [4.69, 9.17) is 15.2 Å². The van der Waals surface area contributed by atoms with Gasteiger partial charge < -0.3 is 20.5 Å². The Balaban J connectivity index is 3.28. The Morgan fingerprint density at radius 2 is 1.94 bits per heavy atom. The molecule has 0 aromatic rings. The van der Waals surface area contributed by atoms with Crippen molar-refractivity contribution in [3.63, 3.8) is 0 Å². The topological polar surface area (TPSA) is 73.6 Å². The molecule has 0 aliphatic heterocycles. The molecule has 3 N–H and O–H groups in total. The van der Waals surface area contributed by atoms with Crippen molar-refractivity contribution in [1.29, 1.82) is 0 Å². The molecule has 0 rings (SSSR count). The molecule has 0 aromatic heterocycles. The number of amides is 1. The van der Waals surface area contributed by atoms with Gasteiger partial charge in [0.1, 0.15) is 5.60 Å². The number of carbonyl (C=O) groups excluding carboxylic acids is 1. The zero-order valence-corrected chi connectivity index (χ0v) is 10.5. The second-order valence-electron chi connectivity index (χ2n) is 4.54. The largest absolute Gasteiger partial charge is 0.444 e. The number of hydrogen-bond donors (Lipinski definition) is 2. The fourth-order valence-corrected chi connectivity index (χ4v) is 1.02. The molecule has 0 aromatic carbocycles. The molecule has 0 aliphatic carbocycles. The number of hydrogen-bond acceptors (Lipinski definition) is 4. The summed E-state index contributed by atoms with van der Waals surface area (Å²) in [7, 11) is 0. The van der Waals surface area contributed by atoms with Crippen molar-refractivity contribution in [3.8, 4) is 0 Å². The van der Waals surface area contributed by atoms with Crippen LogP contribution in [-0.2, 0) is 9.47 Å². The normalized spacial score (nSPS) is 11.2. The van der Waals surface area contributed by atoms with Gasteiger partial charge in [-0.1, -0.05) is 0 Å². The standard InChI is InChI=1S/C11H24N2O3/c1-11(2,3)16-10(14)13-7-4-5-8-15-9-6-12/h4-9,12H2,1-3H3,(H,13,14). The van der Waals surface area contributed by atoms with E-state index in [0.717, 1.165) is 12.8 Å². The van der Waals surface area contributed by atoms with Crippen LogP contribution in [0.15, 0.2) is 0 Å². The van der Waals surface area contributed by atoms with Gasteiger partial charge in [0.25, 0.3) is 0 Å². The van der Waals surface area contributed by atoms with Crippen molar-refractivity contribution in [2.24, 2.45) is 5.73 Å². The maximum atomic E-state index is 11.2. The van der Waals surface area contributed by atoms with Gasteiger partial charge in [0, 0.05) is 19.7 Å². The summed E-state index contributed by atoms with van der Waals surface area (Å²) in [6.45, 7) is 7.97. The minimum Gasteiger partial charge on any atom is -0.444 e. The minimum absolute atomic E-state index is 0.365. The van der Waals surface area contributed by atoms with Crippen LogP contribution in [0.2, 0.25) is 0 Å². The molecule has 0 saturated heterocycles. The van der Waals surface area contributed by atoms with Crippen molar-refractivity contribution < 1.29 is 14.3 Å². The van der Waals surface area contributed by atoms with Crippen molar-refractivity contribution in [2.45, 2.75) is 39.2 Å². The van der Waals surface area contributed by atoms with Crippen LogP contribution in [0, 0.1) is 0 Å². The molecule has 0 fully saturated rings. The molecule has 0 spiro atoms. The smallest absolute Gasteiger partial charge is 0.407 e. The molecule has 0 unspecified atom stereocenters. The maximum Gasteiger partial charge on any atom is 0.407 e. The third-order valence-electron chi connectivity index (χ3n) is 1.65. The average molecular weight is 232 g/mol. The van der Waals surface area contributed by atoms with Gasteiger partial charge in [0.2, 0.25) is 0 Å². The van der Waals surface area contributed by atoms with E-state index in [2.05, 4.69) is 5.32 Å². The van der Waals surface area contributed by atoms with Gasteiger partial charge in [-0.05, 0) is 33.6 Å². The molecule has 0 radical (unpaired) electrons. The first-order valence-electron chi connectivity index (χ1n) is 5.70. The molecule has 0 atom stereocenters. The van der Waals surface area contributed by atoms with Crippen LogP contribution >= 0.6 is 0 Å². The van der Waals surface area contributed by atoms with Gasteiger partial charge in [-0.2, -0.15) is 0 Å². The summed E-state index contributed by atoms with van der Waals surface area (Å²) in [6.07, 6.45) is 1.43. The maximum absolute atomic E-state index is 11.2. The monoisotopic (exact) mass is 232 g/mol. The fraction of sp³-hybridized carbons (Fsp3) is 0.909.